The number of benzene rings is 2. The third-order valence-electron chi connectivity index (χ3n) is 3.43. The molecule has 0 aliphatic carbocycles. The molecule has 0 aliphatic heterocycles. The summed E-state index contributed by atoms with van der Waals surface area (Å²) in [5, 5.41) is 2.91. The van der Waals surface area contributed by atoms with Crippen LogP contribution in [0.15, 0.2) is 53.4 Å². The molecule has 0 unspecified atom stereocenters. The Kier molecular flexibility index (Phi) is 6.52. The van der Waals surface area contributed by atoms with Crippen molar-refractivity contribution in [1.29, 1.82) is 0 Å². The second kappa shape index (κ2) is 8.42. The van der Waals surface area contributed by atoms with Crippen molar-refractivity contribution in [3.8, 4) is 0 Å². The first-order chi connectivity index (χ1) is 11.8. The molecule has 2 N–H and O–H groups in total. The molecule has 0 fully saturated rings. The molecule has 0 heterocycles. The SMILES string of the molecule is C[C@H](NS(=O)(=O)c1cccc(Cl)c1)C(=O)NCCc1cccc(F)c1. The second-order valence-corrected chi connectivity index (χ2v) is 7.62. The van der Waals surface area contributed by atoms with E-state index in [0.29, 0.717) is 6.42 Å². The Morgan fingerprint density at radius 3 is 2.60 bits per heavy atom. The lowest BCUT2D eigenvalue weighted by atomic mass is 10.1. The molecule has 2 aromatic carbocycles. The van der Waals surface area contributed by atoms with Crippen LogP contribution in [0, 0.1) is 5.82 Å². The molecule has 0 saturated carbocycles. The smallest absolute Gasteiger partial charge is 0.241 e. The van der Waals surface area contributed by atoms with Crippen molar-refractivity contribution >= 4 is 27.5 Å². The summed E-state index contributed by atoms with van der Waals surface area (Å²) in [6.45, 7) is 1.71. The maximum Gasteiger partial charge on any atom is 0.241 e. The van der Waals surface area contributed by atoms with Crippen molar-refractivity contribution in [2.24, 2.45) is 0 Å². The summed E-state index contributed by atoms with van der Waals surface area (Å²) in [7, 11) is -3.85. The first-order valence-electron chi connectivity index (χ1n) is 7.58. The van der Waals surface area contributed by atoms with Crippen LogP contribution in [0.3, 0.4) is 0 Å². The van der Waals surface area contributed by atoms with Gasteiger partial charge in [-0.3, -0.25) is 4.79 Å². The monoisotopic (exact) mass is 384 g/mol. The lowest BCUT2D eigenvalue weighted by Gasteiger charge is -2.14. The maximum absolute atomic E-state index is 13.1. The summed E-state index contributed by atoms with van der Waals surface area (Å²) >= 11 is 5.79. The van der Waals surface area contributed by atoms with Crippen LogP contribution in [0.4, 0.5) is 4.39 Å². The molecule has 134 valence electrons. The highest BCUT2D eigenvalue weighted by Crippen LogP contribution is 2.15. The maximum atomic E-state index is 13.1. The summed E-state index contributed by atoms with van der Waals surface area (Å²) in [5.41, 5.74) is 0.743. The number of halogens is 2. The topological polar surface area (TPSA) is 75.3 Å². The van der Waals surface area contributed by atoms with Gasteiger partial charge < -0.3 is 5.32 Å². The number of carbonyl (C=O) groups excluding carboxylic acids is 1. The van der Waals surface area contributed by atoms with Gasteiger partial charge in [0.2, 0.25) is 15.9 Å². The number of nitrogens with one attached hydrogen (secondary N) is 2. The predicted octanol–water partition coefficient (Wildman–Crippen LogP) is 2.50. The summed E-state index contributed by atoms with van der Waals surface area (Å²) in [6, 6.07) is 10.9. The van der Waals surface area contributed by atoms with Gasteiger partial charge in [-0.1, -0.05) is 29.8 Å². The molecule has 1 amide bonds. The largest absolute Gasteiger partial charge is 0.354 e. The molecule has 0 aliphatic rings. The van der Waals surface area contributed by atoms with E-state index in [4.69, 9.17) is 11.6 Å². The molecular weight excluding hydrogens is 367 g/mol. The molecular formula is C17H18ClFN2O3S. The molecule has 0 aromatic heterocycles. The Balaban J connectivity index is 1.89. The highest BCUT2D eigenvalue weighted by Gasteiger charge is 2.21. The van der Waals surface area contributed by atoms with E-state index < -0.39 is 22.0 Å². The number of rotatable bonds is 7. The third kappa shape index (κ3) is 5.81. The highest BCUT2D eigenvalue weighted by molar-refractivity contribution is 7.89. The third-order valence-corrected chi connectivity index (χ3v) is 5.21. The Morgan fingerprint density at radius 1 is 1.20 bits per heavy atom. The molecule has 2 rings (SSSR count). The first-order valence-corrected chi connectivity index (χ1v) is 9.44. The number of sulfonamides is 1. The molecule has 0 spiro atoms. The Bertz CT molecular complexity index is 858. The Morgan fingerprint density at radius 2 is 1.92 bits per heavy atom. The molecule has 25 heavy (non-hydrogen) atoms. The van der Waals surface area contributed by atoms with Crippen LogP contribution in [0.25, 0.3) is 0 Å². The summed E-state index contributed by atoms with van der Waals surface area (Å²) in [6.07, 6.45) is 0.442. The first kappa shape index (κ1) is 19.4. The lowest BCUT2D eigenvalue weighted by molar-refractivity contribution is -0.122. The van der Waals surface area contributed by atoms with Gasteiger partial charge in [-0.15, -0.1) is 0 Å². The molecule has 0 radical (unpaired) electrons. The molecule has 5 nitrogen and oxygen atoms in total. The van der Waals surface area contributed by atoms with Crippen molar-refractivity contribution in [1.82, 2.24) is 10.0 Å². The average molecular weight is 385 g/mol. The van der Waals surface area contributed by atoms with Crippen molar-refractivity contribution in [2.45, 2.75) is 24.3 Å². The minimum absolute atomic E-state index is 0.0144. The van der Waals surface area contributed by atoms with Crippen molar-refractivity contribution in [3.05, 3.63) is 64.9 Å². The fourth-order valence-corrected chi connectivity index (χ4v) is 3.67. The van der Waals surface area contributed by atoms with Crippen molar-refractivity contribution in [2.75, 3.05) is 6.54 Å². The molecule has 1 atom stereocenters. The van der Waals surface area contributed by atoms with Crippen LogP contribution in [0.1, 0.15) is 12.5 Å². The summed E-state index contributed by atoms with van der Waals surface area (Å²) in [5.74, 6) is -0.812. The zero-order valence-corrected chi connectivity index (χ0v) is 15.1. The van der Waals surface area contributed by atoms with Gasteiger partial charge in [0.05, 0.1) is 10.9 Å². The van der Waals surface area contributed by atoms with Gasteiger partial charge in [0.25, 0.3) is 0 Å². The van der Waals surface area contributed by atoms with Crippen LogP contribution >= 0.6 is 11.6 Å². The number of amides is 1. The Labute approximate surface area is 151 Å². The number of carbonyl (C=O) groups is 1. The van der Waals surface area contributed by atoms with Gasteiger partial charge in [-0.25, -0.2) is 12.8 Å². The van der Waals surface area contributed by atoms with Crippen LogP contribution in [0.5, 0.6) is 0 Å². The summed E-state index contributed by atoms with van der Waals surface area (Å²) in [4.78, 5) is 12.0. The zero-order chi connectivity index (χ0) is 18.4. The van der Waals surface area contributed by atoms with Gasteiger partial charge in [0, 0.05) is 11.6 Å². The summed E-state index contributed by atoms with van der Waals surface area (Å²) < 4.78 is 39.9. The quantitative estimate of drug-likeness (QED) is 0.770. The number of hydrogen-bond donors (Lipinski definition) is 2. The fraction of sp³-hybridized carbons (Fsp3) is 0.235. The minimum atomic E-state index is -3.85. The number of hydrogen-bond acceptors (Lipinski definition) is 3. The predicted molar refractivity (Wildman–Crippen MR) is 94.3 cm³/mol. The van der Waals surface area contributed by atoms with Gasteiger partial charge >= 0.3 is 0 Å². The van der Waals surface area contributed by atoms with Crippen LogP contribution in [-0.4, -0.2) is 26.9 Å². The van der Waals surface area contributed by atoms with Gasteiger partial charge in [-0.2, -0.15) is 4.72 Å². The molecule has 0 bridgehead atoms. The fourth-order valence-electron chi connectivity index (χ4n) is 2.16. The van der Waals surface area contributed by atoms with Crippen molar-refractivity contribution in [3.63, 3.8) is 0 Å². The zero-order valence-electron chi connectivity index (χ0n) is 13.5. The molecule has 2 aromatic rings. The van der Waals surface area contributed by atoms with E-state index in [1.807, 2.05) is 0 Å². The normalized spacial score (nSPS) is 12.6. The van der Waals surface area contributed by atoms with E-state index in [0.717, 1.165) is 5.56 Å². The minimum Gasteiger partial charge on any atom is -0.354 e. The Hall–Kier alpha value is -1.96. The highest BCUT2D eigenvalue weighted by atomic mass is 35.5. The lowest BCUT2D eigenvalue weighted by Crippen LogP contribution is -2.45. The molecule has 8 heteroatoms. The van der Waals surface area contributed by atoms with E-state index in [1.165, 1.54) is 37.3 Å². The van der Waals surface area contributed by atoms with E-state index in [9.17, 15) is 17.6 Å². The van der Waals surface area contributed by atoms with Crippen LogP contribution in [0.2, 0.25) is 5.02 Å². The standard InChI is InChI=1S/C17H18ClFN2O3S/c1-12(21-25(23,24)16-7-3-5-14(18)11-16)17(22)20-9-8-13-4-2-6-15(19)10-13/h2-7,10-12,21H,8-9H2,1H3,(H,20,22)/t12-/m0/s1. The van der Waals surface area contributed by atoms with Gasteiger partial charge in [-0.05, 0) is 49.2 Å². The van der Waals surface area contributed by atoms with E-state index in [2.05, 4.69) is 10.0 Å². The average Bonchev–Trinajstić information content (AvgIpc) is 2.54. The van der Waals surface area contributed by atoms with Crippen LogP contribution in [-0.2, 0) is 21.2 Å². The van der Waals surface area contributed by atoms with Gasteiger partial charge in [0.1, 0.15) is 5.82 Å². The van der Waals surface area contributed by atoms with E-state index >= 15 is 0 Å². The van der Waals surface area contributed by atoms with Gasteiger partial charge in [0.15, 0.2) is 0 Å². The van der Waals surface area contributed by atoms with Crippen LogP contribution < -0.4 is 10.0 Å². The molecule has 0 saturated heterocycles. The second-order valence-electron chi connectivity index (χ2n) is 5.47. The van der Waals surface area contributed by atoms with E-state index in [1.54, 1.807) is 18.2 Å². The van der Waals surface area contributed by atoms with Crippen molar-refractivity contribution < 1.29 is 17.6 Å². The van der Waals surface area contributed by atoms with E-state index in [-0.39, 0.29) is 22.3 Å².